The Morgan fingerprint density at radius 3 is 1.88 bits per heavy atom. The van der Waals surface area contributed by atoms with Crippen molar-refractivity contribution >= 4 is 53.4 Å². The predicted molar refractivity (Wildman–Crippen MR) is 205 cm³/mol. The Bertz CT molecular complexity index is 2860. The Morgan fingerprint density at radius 1 is 0.440 bits per heavy atom. The third-order valence-corrected chi connectivity index (χ3v) is 10.3. The number of rotatable bonds is 5. The highest BCUT2D eigenvalue weighted by atomic mass is 32.1. The van der Waals surface area contributed by atoms with Gasteiger partial charge in [-0.25, -0.2) is 19.9 Å². The first-order valence-corrected chi connectivity index (χ1v) is 17.3. The summed E-state index contributed by atoms with van der Waals surface area (Å²) in [7, 11) is 0. The van der Waals surface area contributed by atoms with Crippen LogP contribution in [0.15, 0.2) is 162 Å². The molecule has 0 saturated carbocycles. The Morgan fingerprint density at radius 2 is 1.10 bits per heavy atom. The van der Waals surface area contributed by atoms with E-state index in [0.717, 1.165) is 75.4 Å². The molecule has 0 spiro atoms. The van der Waals surface area contributed by atoms with Crippen LogP contribution in [0, 0.1) is 0 Å². The Balaban J connectivity index is 1.23. The van der Waals surface area contributed by atoms with Gasteiger partial charge in [-0.3, -0.25) is 0 Å². The summed E-state index contributed by atoms with van der Waals surface area (Å²) in [4.78, 5) is 20.4. The zero-order chi connectivity index (χ0) is 33.0. The van der Waals surface area contributed by atoms with Crippen LogP contribution in [0.25, 0.3) is 98.8 Å². The van der Waals surface area contributed by atoms with Crippen LogP contribution in [-0.2, 0) is 0 Å². The number of fused-ring (bicyclic) bond motifs is 5. The maximum Gasteiger partial charge on any atom is 0.227 e. The van der Waals surface area contributed by atoms with Crippen LogP contribution >= 0.6 is 11.3 Å². The van der Waals surface area contributed by atoms with Crippen molar-refractivity contribution in [1.29, 1.82) is 0 Å². The number of hydrogen-bond acceptors (Lipinski definition) is 6. The molecule has 10 aromatic rings. The number of thiophene rings is 1. The maximum atomic E-state index is 6.32. The van der Waals surface area contributed by atoms with E-state index in [9.17, 15) is 0 Å². The SMILES string of the molecule is c1ccc(-c2nc(-c3ccc4ccccc4c3-c3ccccc3)nc(-c3cccc4sc5cc6nc(-c7ccccc7)oc6cc5c34)n2)cc1. The maximum absolute atomic E-state index is 6.32. The van der Waals surface area contributed by atoms with Crippen molar-refractivity contribution in [3.05, 3.63) is 158 Å². The fraction of sp³-hybridized carbons (Fsp3) is 0. The van der Waals surface area contributed by atoms with Gasteiger partial charge in [0.2, 0.25) is 5.89 Å². The van der Waals surface area contributed by atoms with Crippen molar-refractivity contribution in [2.45, 2.75) is 0 Å². The van der Waals surface area contributed by atoms with Crippen LogP contribution in [0.5, 0.6) is 0 Å². The van der Waals surface area contributed by atoms with Crippen LogP contribution in [0.2, 0.25) is 0 Å². The lowest BCUT2D eigenvalue weighted by Gasteiger charge is -2.15. The van der Waals surface area contributed by atoms with Gasteiger partial charge in [0, 0.05) is 48.0 Å². The molecule has 0 aliphatic heterocycles. The number of nitrogens with zero attached hydrogens (tertiary/aromatic N) is 4. The van der Waals surface area contributed by atoms with Gasteiger partial charge >= 0.3 is 0 Å². The van der Waals surface area contributed by atoms with E-state index >= 15 is 0 Å². The van der Waals surface area contributed by atoms with Crippen molar-refractivity contribution in [3.63, 3.8) is 0 Å². The zero-order valence-electron chi connectivity index (χ0n) is 26.6. The van der Waals surface area contributed by atoms with Crippen LogP contribution < -0.4 is 0 Å². The van der Waals surface area contributed by atoms with Crippen molar-refractivity contribution in [2.24, 2.45) is 0 Å². The van der Waals surface area contributed by atoms with Gasteiger partial charge in [-0.1, -0.05) is 121 Å². The largest absolute Gasteiger partial charge is 0.436 e. The number of oxazole rings is 1. The molecule has 3 heterocycles. The highest BCUT2D eigenvalue weighted by molar-refractivity contribution is 7.26. The summed E-state index contributed by atoms with van der Waals surface area (Å²) < 4.78 is 8.60. The molecule has 234 valence electrons. The summed E-state index contributed by atoms with van der Waals surface area (Å²) in [5.74, 6) is 2.48. The van der Waals surface area contributed by atoms with Gasteiger partial charge in [0.1, 0.15) is 5.52 Å². The number of aromatic nitrogens is 4. The van der Waals surface area contributed by atoms with E-state index in [2.05, 4.69) is 91.0 Å². The summed E-state index contributed by atoms with van der Waals surface area (Å²) in [5.41, 5.74) is 7.57. The molecule has 0 saturated heterocycles. The molecule has 7 aromatic carbocycles. The first kappa shape index (κ1) is 28.5. The fourth-order valence-electron chi connectivity index (χ4n) is 6.84. The molecule has 3 aromatic heterocycles. The van der Waals surface area contributed by atoms with Crippen LogP contribution in [0.3, 0.4) is 0 Å². The highest BCUT2D eigenvalue weighted by Gasteiger charge is 2.21. The Labute approximate surface area is 291 Å². The molecule has 0 fully saturated rings. The fourth-order valence-corrected chi connectivity index (χ4v) is 7.99. The van der Waals surface area contributed by atoms with Crippen molar-refractivity contribution in [2.75, 3.05) is 0 Å². The molecule has 0 aliphatic carbocycles. The minimum absolute atomic E-state index is 0.613. The molecular formula is C44H26N4OS. The quantitative estimate of drug-likeness (QED) is 0.184. The van der Waals surface area contributed by atoms with E-state index in [4.69, 9.17) is 24.4 Å². The second-order valence-electron chi connectivity index (χ2n) is 12.2. The monoisotopic (exact) mass is 658 g/mol. The smallest absolute Gasteiger partial charge is 0.227 e. The van der Waals surface area contributed by atoms with Gasteiger partial charge < -0.3 is 4.42 Å². The van der Waals surface area contributed by atoms with E-state index in [1.165, 1.54) is 0 Å². The molecule has 0 N–H and O–H groups in total. The van der Waals surface area contributed by atoms with Crippen LogP contribution in [0.1, 0.15) is 0 Å². The van der Waals surface area contributed by atoms with Crippen molar-refractivity contribution < 1.29 is 4.42 Å². The summed E-state index contributed by atoms with van der Waals surface area (Å²) in [6.45, 7) is 0. The van der Waals surface area contributed by atoms with E-state index in [0.29, 0.717) is 23.4 Å². The Kier molecular flexibility index (Phi) is 6.60. The van der Waals surface area contributed by atoms with E-state index in [1.807, 2.05) is 66.7 Å². The average molecular weight is 659 g/mol. The summed E-state index contributed by atoms with van der Waals surface area (Å²) in [6.07, 6.45) is 0. The van der Waals surface area contributed by atoms with Gasteiger partial charge in [-0.2, -0.15) is 0 Å². The van der Waals surface area contributed by atoms with Crippen molar-refractivity contribution in [3.8, 4) is 56.7 Å². The molecule has 0 atom stereocenters. The minimum Gasteiger partial charge on any atom is -0.436 e. The standard InChI is InChI=1S/C44H26N4OS/c1-4-14-28(15-5-1)39-31-20-11-10-13-27(31)23-24-33(39)43-47-41(29-16-6-2-7-17-29)46-42(48-43)32-21-12-22-37-40(32)34-25-36-35(26-38(34)50-37)45-44(49-36)30-18-8-3-9-19-30/h1-26H. The topological polar surface area (TPSA) is 64.7 Å². The van der Waals surface area contributed by atoms with Gasteiger partial charge in [0.15, 0.2) is 23.1 Å². The number of benzene rings is 7. The van der Waals surface area contributed by atoms with Gasteiger partial charge in [-0.15, -0.1) is 11.3 Å². The second kappa shape index (κ2) is 11.6. The number of hydrogen-bond donors (Lipinski definition) is 0. The molecule has 0 amide bonds. The van der Waals surface area contributed by atoms with E-state index in [-0.39, 0.29) is 0 Å². The average Bonchev–Trinajstić information content (AvgIpc) is 3.78. The lowest BCUT2D eigenvalue weighted by molar-refractivity contribution is 0.620. The van der Waals surface area contributed by atoms with Gasteiger partial charge in [-0.05, 0) is 52.7 Å². The summed E-state index contributed by atoms with van der Waals surface area (Å²) >= 11 is 1.74. The van der Waals surface area contributed by atoms with Crippen LogP contribution in [0.4, 0.5) is 0 Å². The lowest BCUT2D eigenvalue weighted by Crippen LogP contribution is -2.01. The Hall–Kier alpha value is -6.50. The molecule has 0 radical (unpaired) electrons. The van der Waals surface area contributed by atoms with Gasteiger partial charge in [0.25, 0.3) is 0 Å². The van der Waals surface area contributed by atoms with Crippen LogP contribution in [-0.4, -0.2) is 19.9 Å². The van der Waals surface area contributed by atoms with E-state index < -0.39 is 0 Å². The molecule has 0 aliphatic rings. The summed E-state index contributed by atoms with van der Waals surface area (Å²) in [5, 5.41) is 4.49. The van der Waals surface area contributed by atoms with Crippen molar-refractivity contribution in [1.82, 2.24) is 19.9 Å². The lowest BCUT2D eigenvalue weighted by atomic mass is 9.93. The molecular weight excluding hydrogens is 633 g/mol. The third kappa shape index (κ3) is 4.77. The third-order valence-electron chi connectivity index (χ3n) is 9.17. The summed E-state index contributed by atoms with van der Waals surface area (Å²) in [6, 6.07) is 54.0. The zero-order valence-corrected chi connectivity index (χ0v) is 27.4. The molecule has 5 nitrogen and oxygen atoms in total. The predicted octanol–water partition coefficient (Wildman–Crippen LogP) is 11.9. The molecule has 6 heteroatoms. The van der Waals surface area contributed by atoms with E-state index in [1.54, 1.807) is 11.3 Å². The molecule has 0 unspecified atom stereocenters. The first-order chi connectivity index (χ1) is 24.8. The minimum atomic E-state index is 0.613. The highest BCUT2D eigenvalue weighted by Crippen LogP contribution is 2.43. The molecule has 0 bridgehead atoms. The van der Waals surface area contributed by atoms with Gasteiger partial charge in [0.05, 0.1) is 0 Å². The first-order valence-electron chi connectivity index (χ1n) is 16.5. The second-order valence-corrected chi connectivity index (χ2v) is 13.3. The normalized spacial score (nSPS) is 11.6. The molecule has 10 rings (SSSR count). The molecule has 50 heavy (non-hydrogen) atoms.